The summed E-state index contributed by atoms with van der Waals surface area (Å²) in [6.45, 7) is 4.27. The number of rotatable bonds is 4. The van der Waals surface area contributed by atoms with Crippen molar-refractivity contribution >= 4 is 17.8 Å². The summed E-state index contributed by atoms with van der Waals surface area (Å²) < 4.78 is 1.89. The van der Waals surface area contributed by atoms with Gasteiger partial charge in [-0.25, -0.2) is 4.98 Å². The monoisotopic (exact) mass is 285 g/mol. The van der Waals surface area contributed by atoms with Crippen LogP contribution in [0.15, 0.2) is 24.4 Å². The highest BCUT2D eigenvalue weighted by atomic mass is 16.1. The summed E-state index contributed by atoms with van der Waals surface area (Å²) in [4.78, 5) is 18.5. The van der Waals surface area contributed by atoms with Crippen LogP contribution in [0.25, 0.3) is 5.65 Å². The van der Waals surface area contributed by atoms with Crippen molar-refractivity contribution < 1.29 is 4.79 Å². The van der Waals surface area contributed by atoms with E-state index in [-0.39, 0.29) is 0 Å². The van der Waals surface area contributed by atoms with Crippen LogP contribution in [-0.4, -0.2) is 28.8 Å². The minimum Gasteiger partial charge on any atom is -0.355 e. The van der Waals surface area contributed by atoms with Crippen molar-refractivity contribution in [2.24, 2.45) is 5.92 Å². The van der Waals surface area contributed by atoms with Gasteiger partial charge < -0.3 is 4.90 Å². The maximum absolute atomic E-state index is 11.5. The molecule has 3 rings (SSSR count). The van der Waals surface area contributed by atoms with Crippen LogP contribution < -0.4 is 4.90 Å². The Morgan fingerprint density at radius 2 is 2.24 bits per heavy atom. The summed E-state index contributed by atoms with van der Waals surface area (Å²) in [7, 11) is 0. The zero-order chi connectivity index (χ0) is 14.7. The fourth-order valence-electron chi connectivity index (χ4n) is 3.42. The van der Waals surface area contributed by atoms with Gasteiger partial charge in [0.05, 0.1) is 0 Å². The Morgan fingerprint density at radius 1 is 1.33 bits per heavy atom. The number of imidazole rings is 1. The van der Waals surface area contributed by atoms with Crippen molar-refractivity contribution in [1.29, 1.82) is 0 Å². The van der Waals surface area contributed by atoms with Crippen LogP contribution in [0.1, 0.15) is 49.5 Å². The first-order chi connectivity index (χ1) is 10.3. The van der Waals surface area contributed by atoms with Gasteiger partial charge in [0.25, 0.3) is 0 Å². The Balaban J connectivity index is 1.88. The molecule has 2 aromatic rings. The van der Waals surface area contributed by atoms with E-state index in [1.807, 2.05) is 28.8 Å². The van der Waals surface area contributed by atoms with Gasteiger partial charge in [-0.2, -0.15) is 0 Å². The summed E-state index contributed by atoms with van der Waals surface area (Å²) in [5.41, 5.74) is 1.53. The van der Waals surface area contributed by atoms with Gasteiger partial charge in [0.15, 0.2) is 12.1 Å². The first-order valence-corrected chi connectivity index (χ1v) is 8.00. The molecule has 1 aliphatic rings. The average Bonchev–Trinajstić information content (AvgIpc) is 2.72. The van der Waals surface area contributed by atoms with Crippen molar-refractivity contribution in [3.63, 3.8) is 0 Å². The second kappa shape index (κ2) is 6.29. The number of hydrogen-bond donors (Lipinski definition) is 0. The fraction of sp³-hybridized carbons (Fsp3) is 0.529. The highest BCUT2D eigenvalue weighted by molar-refractivity contribution is 5.83. The average molecular weight is 285 g/mol. The van der Waals surface area contributed by atoms with Gasteiger partial charge in [0, 0.05) is 19.3 Å². The maximum Gasteiger partial charge on any atom is 0.170 e. The molecular weight excluding hydrogens is 262 g/mol. The largest absolute Gasteiger partial charge is 0.355 e. The van der Waals surface area contributed by atoms with E-state index in [4.69, 9.17) is 0 Å². The van der Waals surface area contributed by atoms with Gasteiger partial charge in [-0.15, -0.1) is 0 Å². The zero-order valence-electron chi connectivity index (χ0n) is 12.7. The Morgan fingerprint density at radius 3 is 3.05 bits per heavy atom. The van der Waals surface area contributed by atoms with Crippen LogP contribution in [0.2, 0.25) is 0 Å². The number of carbonyl (C=O) groups is 1. The Bertz CT molecular complexity index is 620. The summed E-state index contributed by atoms with van der Waals surface area (Å²) >= 11 is 0. The normalized spacial score (nSPS) is 19.7. The minimum atomic E-state index is 0.680. The van der Waals surface area contributed by atoms with E-state index < -0.39 is 0 Å². The van der Waals surface area contributed by atoms with Gasteiger partial charge in [0.2, 0.25) is 0 Å². The number of carbonyl (C=O) groups excluding carboxylic acids is 1. The van der Waals surface area contributed by atoms with Crippen LogP contribution >= 0.6 is 0 Å². The Labute approximate surface area is 125 Å². The van der Waals surface area contributed by atoms with Crippen LogP contribution in [-0.2, 0) is 0 Å². The first kappa shape index (κ1) is 14.1. The summed E-state index contributed by atoms with van der Waals surface area (Å²) in [6, 6.07) is 5.85. The zero-order valence-corrected chi connectivity index (χ0v) is 12.7. The third kappa shape index (κ3) is 2.80. The second-order valence-corrected chi connectivity index (χ2v) is 5.94. The molecule has 1 saturated heterocycles. The Kier molecular flexibility index (Phi) is 4.23. The molecule has 0 amide bonds. The fourth-order valence-corrected chi connectivity index (χ4v) is 3.42. The van der Waals surface area contributed by atoms with Crippen LogP contribution in [0.4, 0.5) is 5.82 Å². The molecule has 0 radical (unpaired) electrons. The van der Waals surface area contributed by atoms with E-state index in [2.05, 4.69) is 16.8 Å². The van der Waals surface area contributed by atoms with Crippen LogP contribution in [0.3, 0.4) is 0 Å². The number of aromatic nitrogens is 2. The smallest absolute Gasteiger partial charge is 0.170 e. The molecule has 4 heteroatoms. The summed E-state index contributed by atoms with van der Waals surface area (Å²) in [6.07, 6.45) is 9.13. The lowest BCUT2D eigenvalue weighted by Crippen LogP contribution is -2.25. The summed E-state index contributed by atoms with van der Waals surface area (Å²) in [5.74, 6) is 1.69. The molecule has 0 saturated carbocycles. The maximum atomic E-state index is 11.5. The van der Waals surface area contributed by atoms with Crippen molar-refractivity contribution in [1.82, 2.24) is 9.38 Å². The highest BCUT2D eigenvalue weighted by Gasteiger charge is 2.21. The molecule has 112 valence electrons. The predicted octanol–water partition coefficient (Wildman–Crippen LogP) is 3.55. The van der Waals surface area contributed by atoms with E-state index in [1.165, 1.54) is 32.1 Å². The predicted molar refractivity (Wildman–Crippen MR) is 85.0 cm³/mol. The molecule has 0 aromatic carbocycles. The van der Waals surface area contributed by atoms with Crippen molar-refractivity contribution in [2.75, 3.05) is 18.0 Å². The van der Waals surface area contributed by atoms with E-state index in [1.54, 1.807) is 0 Å². The standard InChI is InChI=1S/C17H23N3O/c1-2-6-14-7-5-10-19(12-9-14)17-15(13-21)20-11-4-3-8-16(20)18-17/h3-4,8,11,13-14H,2,5-7,9-10,12H2,1H3. The lowest BCUT2D eigenvalue weighted by molar-refractivity contribution is 0.111. The third-order valence-electron chi connectivity index (χ3n) is 4.50. The third-order valence-corrected chi connectivity index (χ3v) is 4.50. The van der Waals surface area contributed by atoms with E-state index >= 15 is 0 Å². The SMILES string of the molecule is CCCC1CCCN(c2nc3ccccn3c2C=O)CC1. The molecule has 4 nitrogen and oxygen atoms in total. The van der Waals surface area contributed by atoms with Crippen LogP contribution in [0, 0.1) is 5.92 Å². The van der Waals surface area contributed by atoms with E-state index in [0.29, 0.717) is 5.69 Å². The van der Waals surface area contributed by atoms with Gasteiger partial charge in [-0.1, -0.05) is 25.8 Å². The molecule has 0 N–H and O–H groups in total. The van der Waals surface area contributed by atoms with Crippen molar-refractivity contribution in [2.45, 2.75) is 39.0 Å². The number of anilines is 1. The number of pyridine rings is 1. The molecule has 1 aliphatic heterocycles. The van der Waals surface area contributed by atoms with Crippen molar-refractivity contribution in [3.05, 3.63) is 30.1 Å². The first-order valence-electron chi connectivity index (χ1n) is 8.00. The molecule has 1 unspecified atom stereocenters. The summed E-state index contributed by atoms with van der Waals surface area (Å²) in [5, 5.41) is 0. The molecule has 0 aliphatic carbocycles. The molecular formula is C17H23N3O. The van der Waals surface area contributed by atoms with Gasteiger partial charge in [-0.05, 0) is 37.3 Å². The molecule has 3 heterocycles. The van der Waals surface area contributed by atoms with E-state index in [0.717, 1.165) is 36.8 Å². The molecule has 1 fully saturated rings. The molecule has 2 aromatic heterocycles. The minimum absolute atomic E-state index is 0.680. The molecule has 1 atom stereocenters. The number of fused-ring (bicyclic) bond motifs is 1. The van der Waals surface area contributed by atoms with Gasteiger partial charge >= 0.3 is 0 Å². The van der Waals surface area contributed by atoms with Gasteiger partial charge in [-0.3, -0.25) is 9.20 Å². The lowest BCUT2D eigenvalue weighted by Gasteiger charge is -2.20. The van der Waals surface area contributed by atoms with E-state index in [9.17, 15) is 4.79 Å². The number of aldehydes is 1. The molecule has 21 heavy (non-hydrogen) atoms. The van der Waals surface area contributed by atoms with Gasteiger partial charge in [0.1, 0.15) is 11.3 Å². The topological polar surface area (TPSA) is 37.6 Å². The molecule has 0 bridgehead atoms. The number of nitrogens with zero attached hydrogens (tertiary/aromatic N) is 3. The molecule has 0 spiro atoms. The lowest BCUT2D eigenvalue weighted by atomic mass is 9.96. The van der Waals surface area contributed by atoms with Crippen molar-refractivity contribution in [3.8, 4) is 0 Å². The second-order valence-electron chi connectivity index (χ2n) is 5.94. The quantitative estimate of drug-likeness (QED) is 0.806. The highest BCUT2D eigenvalue weighted by Crippen LogP contribution is 2.27. The number of hydrogen-bond acceptors (Lipinski definition) is 3. The Hall–Kier alpha value is -1.84. The van der Waals surface area contributed by atoms with Crippen LogP contribution in [0.5, 0.6) is 0 Å².